The first-order valence-electron chi connectivity index (χ1n) is 7.42. The summed E-state index contributed by atoms with van der Waals surface area (Å²) >= 11 is 0. The van der Waals surface area contributed by atoms with Crippen LogP contribution in [0.2, 0.25) is 0 Å². The molecule has 0 aromatic rings. The molecule has 0 saturated carbocycles. The molecule has 1 aliphatic rings. The van der Waals surface area contributed by atoms with Gasteiger partial charge in [-0.2, -0.15) is 5.01 Å². The molecule has 7 nitrogen and oxygen atoms in total. The molecule has 0 aromatic heterocycles. The number of carbonyl (C=O) groups is 4. The van der Waals surface area contributed by atoms with Gasteiger partial charge in [0, 0.05) is 18.6 Å². The van der Waals surface area contributed by atoms with Crippen molar-refractivity contribution in [2.45, 2.75) is 52.5 Å². The zero-order chi connectivity index (χ0) is 16.9. The van der Waals surface area contributed by atoms with E-state index in [2.05, 4.69) is 0 Å². The van der Waals surface area contributed by atoms with Gasteiger partial charge in [-0.15, -0.1) is 0 Å². The van der Waals surface area contributed by atoms with E-state index in [4.69, 9.17) is 0 Å². The lowest BCUT2D eigenvalue weighted by atomic mass is 10.0. The summed E-state index contributed by atoms with van der Waals surface area (Å²) in [6, 6.07) is -1.26. The smallest absolute Gasteiger partial charge is 0.328 e. The fourth-order valence-electron chi connectivity index (χ4n) is 2.31. The van der Waals surface area contributed by atoms with Gasteiger partial charge in [-0.05, 0) is 12.3 Å². The van der Waals surface area contributed by atoms with Crippen LogP contribution in [0.1, 0.15) is 46.5 Å². The van der Waals surface area contributed by atoms with Crippen LogP contribution >= 0.6 is 0 Å². The Morgan fingerprint density at radius 1 is 1.18 bits per heavy atom. The summed E-state index contributed by atoms with van der Waals surface area (Å²) in [6.45, 7) is 5.24. The molecule has 0 spiro atoms. The van der Waals surface area contributed by atoms with Crippen molar-refractivity contribution >= 4 is 23.7 Å². The number of nitrogens with zero attached hydrogens (tertiary/aromatic N) is 2. The third-order valence-corrected chi connectivity index (χ3v) is 3.40. The summed E-state index contributed by atoms with van der Waals surface area (Å²) in [5, 5.41) is 10.8. The van der Waals surface area contributed by atoms with E-state index >= 15 is 0 Å². The minimum atomic E-state index is -1.26. The number of carboxylic acid groups (broad SMARTS) is 1. The molecule has 0 saturated heterocycles. The second-order valence-corrected chi connectivity index (χ2v) is 5.54. The molecule has 1 N–H and O–H groups in total. The van der Waals surface area contributed by atoms with E-state index in [1.807, 2.05) is 6.92 Å². The third kappa shape index (κ3) is 3.93. The van der Waals surface area contributed by atoms with Crippen molar-refractivity contribution in [3.8, 4) is 0 Å². The molecule has 0 bridgehead atoms. The molecule has 1 rings (SSSR count). The molecule has 1 atom stereocenters. The Hall–Kier alpha value is -2.18. The molecular formula is C15H22N2O5. The molecule has 22 heavy (non-hydrogen) atoms. The van der Waals surface area contributed by atoms with Crippen LogP contribution < -0.4 is 0 Å². The molecule has 0 unspecified atom stereocenters. The van der Waals surface area contributed by atoms with Crippen molar-refractivity contribution in [2.75, 3.05) is 0 Å². The van der Waals surface area contributed by atoms with Gasteiger partial charge in [-0.1, -0.05) is 33.6 Å². The maximum Gasteiger partial charge on any atom is 0.328 e. The lowest BCUT2D eigenvalue weighted by molar-refractivity contribution is -0.179. The molecule has 3 amide bonds. The summed E-state index contributed by atoms with van der Waals surface area (Å²) in [5.74, 6) is -3.61. The Morgan fingerprint density at radius 2 is 1.73 bits per heavy atom. The van der Waals surface area contributed by atoms with Crippen LogP contribution in [-0.2, 0) is 19.2 Å². The van der Waals surface area contributed by atoms with E-state index in [9.17, 15) is 24.3 Å². The Morgan fingerprint density at radius 3 is 2.14 bits per heavy atom. The number of rotatable bonds is 8. The predicted octanol–water partition coefficient (Wildman–Crippen LogP) is 1.34. The lowest BCUT2D eigenvalue weighted by Gasteiger charge is -2.36. The average molecular weight is 310 g/mol. The topological polar surface area (TPSA) is 95.0 Å². The standard InChI is InChI=1S/C15H22N2O5/c1-4-5-6-7-11(18)17(14(10(2)3)15(21)22)16-12(19)8-9-13(16)20/h8-10,14H,4-7H2,1-3H3,(H,21,22)/t14-/m0/s1. The Balaban J connectivity index is 3.09. The van der Waals surface area contributed by atoms with Gasteiger partial charge in [-0.25, -0.2) is 9.80 Å². The second-order valence-electron chi connectivity index (χ2n) is 5.54. The summed E-state index contributed by atoms with van der Waals surface area (Å²) in [4.78, 5) is 47.6. The van der Waals surface area contributed by atoms with Crippen molar-refractivity contribution in [1.82, 2.24) is 10.0 Å². The lowest BCUT2D eigenvalue weighted by Crippen LogP contribution is -2.58. The van der Waals surface area contributed by atoms with E-state index < -0.39 is 35.7 Å². The van der Waals surface area contributed by atoms with Gasteiger partial charge in [0.15, 0.2) is 6.04 Å². The average Bonchev–Trinajstić information content (AvgIpc) is 2.74. The first-order chi connectivity index (χ1) is 10.3. The predicted molar refractivity (Wildman–Crippen MR) is 78.2 cm³/mol. The minimum Gasteiger partial charge on any atom is -0.480 e. The van der Waals surface area contributed by atoms with Crippen LogP contribution in [0.25, 0.3) is 0 Å². The van der Waals surface area contributed by atoms with Crippen LogP contribution in [-0.4, -0.2) is 44.9 Å². The van der Waals surface area contributed by atoms with Gasteiger partial charge < -0.3 is 5.11 Å². The Kier molecular flexibility index (Phi) is 6.27. The van der Waals surface area contributed by atoms with Gasteiger partial charge in [0.1, 0.15) is 0 Å². The van der Waals surface area contributed by atoms with Gasteiger partial charge in [0.2, 0.25) is 5.91 Å². The summed E-state index contributed by atoms with van der Waals surface area (Å²) in [7, 11) is 0. The number of carbonyl (C=O) groups excluding carboxylic acids is 3. The van der Waals surface area contributed by atoms with Crippen LogP contribution in [0.5, 0.6) is 0 Å². The molecule has 0 aromatic carbocycles. The first-order valence-corrected chi connectivity index (χ1v) is 7.42. The molecule has 0 radical (unpaired) electrons. The highest BCUT2D eigenvalue weighted by Gasteiger charge is 2.41. The van der Waals surface area contributed by atoms with E-state index in [0.29, 0.717) is 11.4 Å². The number of imide groups is 1. The number of aliphatic carboxylic acids is 1. The van der Waals surface area contributed by atoms with Crippen molar-refractivity contribution < 1.29 is 24.3 Å². The number of hydrogen-bond donors (Lipinski definition) is 1. The molecule has 122 valence electrons. The van der Waals surface area contributed by atoms with Crippen molar-refractivity contribution in [3.63, 3.8) is 0 Å². The SMILES string of the molecule is CCCCCC(=O)N([C@H](C(=O)O)C(C)C)N1C(=O)C=CC1=O. The largest absolute Gasteiger partial charge is 0.480 e. The molecule has 0 fully saturated rings. The van der Waals surface area contributed by atoms with E-state index in [0.717, 1.165) is 30.0 Å². The Labute approximate surface area is 129 Å². The zero-order valence-corrected chi connectivity index (χ0v) is 13.1. The first kappa shape index (κ1) is 17.9. The van der Waals surface area contributed by atoms with Gasteiger partial charge in [0.25, 0.3) is 11.8 Å². The highest BCUT2D eigenvalue weighted by molar-refractivity contribution is 6.13. The molecule has 1 heterocycles. The maximum atomic E-state index is 12.4. The number of unbranched alkanes of at least 4 members (excludes halogenated alkanes) is 2. The van der Waals surface area contributed by atoms with Gasteiger partial charge >= 0.3 is 5.97 Å². The summed E-state index contributed by atoms with van der Waals surface area (Å²) in [6.07, 6.45) is 4.48. The monoisotopic (exact) mass is 310 g/mol. The van der Waals surface area contributed by atoms with E-state index in [1.165, 1.54) is 0 Å². The van der Waals surface area contributed by atoms with Crippen molar-refractivity contribution in [1.29, 1.82) is 0 Å². The fraction of sp³-hybridized carbons (Fsp3) is 0.600. The minimum absolute atomic E-state index is 0.0986. The van der Waals surface area contributed by atoms with E-state index in [-0.39, 0.29) is 6.42 Å². The number of hydrazine groups is 1. The molecule has 1 aliphatic heterocycles. The number of carboxylic acids is 1. The van der Waals surface area contributed by atoms with Crippen LogP contribution in [0.15, 0.2) is 12.2 Å². The van der Waals surface area contributed by atoms with Crippen molar-refractivity contribution in [2.24, 2.45) is 5.92 Å². The van der Waals surface area contributed by atoms with Crippen molar-refractivity contribution in [3.05, 3.63) is 12.2 Å². The van der Waals surface area contributed by atoms with Gasteiger partial charge in [0.05, 0.1) is 0 Å². The highest BCUT2D eigenvalue weighted by Crippen LogP contribution is 2.20. The number of amides is 3. The second kappa shape index (κ2) is 7.72. The molecule has 7 heteroatoms. The normalized spacial score (nSPS) is 15.5. The van der Waals surface area contributed by atoms with Gasteiger partial charge in [-0.3, -0.25) is 14.4 Å². The van der Waals surface area contributed by atoms with Crippen LogP contribution in [0.4, 0.5) is 0 Å². The van der Waals surface area contributed by atoms with Crippen LogP contribution in [0, 0.1) is 5.92 Å². The summed E-state index contributed by atoms with van der Waals surface area (Å²) < 4.78 is 0. The zero-order valence-electron chi connectivity index (χ0n) is 13.1. The third-order valence-electron chi connectivity index (χ3n) is 3.40. The molecule has 0 aliphatic carbocycles. The van der Waals surface area contributed by atoms with Crippen LogP contribution in [0.3, 0.4) is 0 Å². The summed E-state index contributed by atoms with van der Waals surface area (Å²) in [5.41, 5.74) is 0. The molecular weight excluding hydrogens is 288 g/mol. The number of hydrogen-bond acceptors (Lipinski definition) is 4. The fourth-order valence-corrected chi connectivity index (χ4v) is 2.31. The highest BCUT2D eigenvalue weighted by atomic mass is 16.4. The Bertz CT molecular complexity index is 480. The quantitative estimate of drug-likeness (QED) is 0.539. The van der Waals surface area contributed by atoms with E-state index in [1.54, 1.807) is 13.8 Å². The maximum absolute atomic E-state index is 12.4.